The molecule has 0 unspecified atom stereocenters. The fraction of sp³-hybridized carbons (Fsp3) is 0.0185. The molecule has 0 fully saturated rings. The number of allylic oxidation sites excluding steroid dienone is 1. The van der Waals surface area contributed by atoms with Gasteiger partial charge in [-0.3, -0.25) is 4.57 Å². The zero-order valence-corrected chi connectivity index (χ0v) is 31.2. The van der Waals surface area contributed by atoms with E-state index < -0.39 is 0 Å². The van der Waals surface area contributed by atoms with Gasteiger partial charge in [0, 0.05) is 11.3 Å². The van der Waals surface area contributed by atoms with Gasteiger partial charge in [0.25, 0.3) is 0 Å². The Balaban J connectivity index is 1.19. The molecule has 264 valence electrons. The third-order valence-corrected chi connectivity index (χ3v) is 11.1. The Hall–Kier alpha value is -7.29. The Morgan fingerprint density at radius 1 is 0.464 bits per heavy atom. The van der Waals surface area contributed by atoms with Crippen LogP contribution in [0.5, 0.6) is 0 Å². The highest BCUT2D eigenvalue weighted by molar-refractivity contribution is 6.22. The summed E-state index contributed by atoms with van der Waals surface area (Å²) in [4.78, 5) is 5.12. The summed E-state index contributed by atoms with van der Waals surface area (Å²) < 4.78 is 2.26. The summed E-state index contributed by atoms with van der Waals surface area (Å²) in [5.41, 5.74) is 13.7. The highest BCUT2D eigenvalue weighted by Gasteiger charge is 2.19. The summed E-state index contributed by atoms with van der Waals surface area (Å²) in [5, 5.41) is 7.39. The van der Waals surface area contributed by atoms with Crippen LogP contribution in [0.4, 0.5) is 0 Å². The molecule has 0 saturated carbocycles. The first kappa shape index (κ1) is 33.3. The van der Waals surface area contributed by atoms with E-state index >= 15 is 0 Å². The normalized spacial score (nSPS) is 11.7. The number of para-hydroxylation sites is 3. The lowest BCUT2D eigenvalue weighted by atomic mass is 9.84. The maximum absolute atomic E-state index is 5.12. The maximum atomic E-state index is 5.12. The minimum absolute atomic E-state index is 0.928. The van der Waals surface area contributed by atoms with Gasteiger partial charge in [0.05, 0.1) is 11.0 Å². The largest absolute Gasteiger partial charge is 0.292 e. The summed E-state index contributed by atoms with van der Waals surface area (Å²) in [6, 6.07) is 65.9. The van der Waals surface area contributed by atoms with Crippen molar-refractivity contribution in [1.29, 1.82) is 0 Å². The predicted molar refractivity (Wildman–Crippen MR) is 240 cm³/mol. The minimum atomic E-state index is 0.928. The smallest absolute Gasteiger partial charge is 0.145 e. The summed E-state index contributed by atoms with van der Waals surface area (Å²) in [6.45, 7) is 6.16. The molecular formula is C54H38N2. The Morgan fingerprint density at radius 3 is 1.86 bits per heavy atom. The molecule has 0 amide bonds. The Bertz CT molecular complexity index is 3150. The van der Waals surface area contributed by atoms with Crippen molar-refractivity contribution in [2.45, 2.75) is 6.92 Å². The molecule has 56 heavy (non-hydrogen) atoms. The lowest BCUT2D eigenvalue weighted by Crippen LogP contribution is -1.97. The average molecular weight is 715 g/mol. The Morgan fingerprint density at radius 2 is 1.07 bits per heavy atom. The number of hydrogen-bond donors (Lipinski definition) is 0. The summed E-state index contributed by atoms with van der Waals surface area (Å²) >= 11 is 0. The van der Waals surface area contributed by atoms with Crippen molar-refractivity contribution in [3.63, 3.8) is 0 Å². The van der Waals surface area contributed by atoms with Crippen LogP contribution in [-0.4, -0.2) is 9.55 Å². The first-order valence-corrected chi connectivity index (χ1v) is 19.2. The SMILES string of the molecule is C=Cc1ccc(-c2c3ccccc3c(-c3ccc4ccccc4c3)c3cc(-c4ccc(-c5nc6ccccc6n5-c5ccccc5)cc4)ccc23)cc1/C=C\C. The van der Waals surface area contributed by atoms with Crippen molar-refractivity contribution in [3.05, 3.63) is 206 Å². The number of fused-ring (bicyclic) bond motifs is 4. The molecule has 0 radical (unpaired) electrons. The van der Waals surface area contributed by atoms with Crippen molar-refractivity contribution in [2.75, 3.05) is 0 Å². The molecule has 0 aliphatic carbocycles. The fourth-order valence-corrected chi connectivity index (χ4v) is 8.43. The van der Waals surface area contributed by atoms with E-state index in [9.17, 15) is 0 Å². The minimum Gasteiger partial charge on any atom is -0.292 e. The summed E-state index contributed by atoms with van der Waals surface area (Å²) in [6.07, 6.45) is 6.21. The zero-order chi connectivity index (χ0) is 37.6. The van der Waals surface area contributed by atoms with E-state index in [1.54, 1.807) is 0 Å². The molecule has 1 aromatic heterocycles. The highest BCUT2D eigenvalue weighted by Crippen LogP contribution is 2.46. The standard InChI is InChI=1S/C54H38N2/c1-3-14-40-33-43(29-23-36(40)4-2)52-46-19-10-11-20-47(46)53(44-30-26-37-15-8-9-16-41(37)34-44)49-35-42(31-32-48(49)52)38-24-27-39(28-25-38)54-55-50-21-12-13-22-51(50)56(54)45-17-6-5-7-18-45/h3-35H,2H2,1H3/b14-3-. The molecular weight excluding hydrogens is 677 g/mol. The van der Waals surface area contributed by atoms with Crippen molar-refractivity contribution in [3.8, 4) is 50.5 Å². The second-order valence-corrected chi connectivity index (χ2v) is 14.3. The molecule has 10 aromatic rings. The molecule has 0 spiro atoms. The molecule has 1 heterocycles. The van der Waals surface area contributed by atoms with Crippen LogP contribution in [0.15, 0.2) is 195 Å². The fourth-order valence-electron chi connectivity index (χ4n) is 8.43. The van der Waals surface area contributed by atoms with Gasteiger partial charge in [-0.05, 0) is 126 Å². The van der Waals surface area contributed by atoms with Crippen LogP contribution in [0, 0.1) is 0 Å². The van der Waals surface area contributed by atoms with Gasteiger partial charge >= 0.3 is 0 Å². The molecule has 0 atom stereocenters. The lowest BCUT2D eigenvalue weighted by molar-refractivity contribution is 1.10. The third kappa shape index (κ3) is 5.63. The van der Waals surface area contributed by atoms with Gasteiger partial charge in [0.2, 0.25) is 0 Å². The first-order valence-electron chi connectivity index (χ1n) is 19.2. The van der Waals surface area contributed by atoms with Gasteiger partial charge < -0.3 is 0 Å². The van der Waals surface area contributed by atoms with Crippen LogP contribution in [0.25, 0.3) is 106 Å². The van der Waals surface area contributed by atoms with Crippen LogP contribution in [-0.2, 0) is 0 Å². The molecule has 10 rings (SSSR count). The van der Waals surface area contributed by atoms with Gasteiger partial charge in [0.1, 0.15) is 5.82 Å². The van der Waals surface area contributed by atoms with Crippen molar-refractivity contribution >= 4 is 55.5 Å². The van der Waals surface area contributed by atoms with Gasteiger partial charge in [-0.1, -0.05) is 164 Å². The predicted octanol–water partition coefficient (Wildman–Crippen LogP) is 14.8. The molecule has 0 N–H and O–H groups in total. The van der Waals surface area contributed by atoms with Gasteiger partial charge in [-0.15, -0.1) is 0 Å². The van der Waals surface area contributed by atoms with E-state index in [1.807, 2.05) is 6.08 Å². The van der Waals surface area contributed by atoms with E-state index in [-0.39, 0.29) is 0 Å². The number of imidazole rings is 1. The Labute approximate surface area is 327 Å². The van der Waals surface area contributed by atoms with Crippen LogP contribution in [0.3, 0.4) is 0 Å². The molecule has 0 aliphatic rings. The number of rotatable bonds is 7. The van der Waals surface area contributed by atoms with Gasteiger partial charge in [-0.25, -0.2) is 4.98 Å². The first-order chi connectivity index (χ1) is 27.7. The topological polar surface area (TPSA) is 17.8 Å². The zero-order valence-electron chi connectivity index (χ0n) is 31.2. The van der Waals surface area contributed by atoms with E-state index in [4.69, 9.17) is 4.98 Å². The molecule has 2 nitrogen and oxygen atoms in total. The average Bonchev–Trinajstić information content (AvgIpc) is 3.65. The highest BCUT2D eigenvalue weighted by atomic mass is 15.1. The maximum Gasteiger partial charge on any atom is 0.145 e. The monoisotopic (exact) mass is 714 g/mol. The van der Waals surface area contributed by atoms with Crippen LogP contribution < -0.4 is 0 Å². The van der Waals surface area contributed by atoms with Crippen molar-refractivity contribution < 1.29 is 0 Å². The van der Waals surface area contributed by atoms with Crippen LogP contribution in [0.2, 0.25) is 0 Å². The second-order valence-electron chi connectivity index (χ2n) is 14.3. The number of aromatic nitrogens is 2. The summed E-state index contributed by atoms with van der Waals surface area (Å²) in [5.74, 6) is 0.928. The lowest BCUT2D eigenvalue weighted by Gasteiger charge is -2.19. The van der Waals surface area contributed by atoms with E-state index in [1.165, 1.54) is 60.1 Å². The molecule has 0 saturated heterocycles. The molecule has 0 bridgehead atoms. The second kappa shape index (κ2) is 13.8. The van der Waals surface area contributed by atoms with E-state index in [0.29, 0.717) is 0 Å². The molecule has 2 heteroatoms. The number of hydrogen-bond acceptors (Lipinski definition) is 1. The molecule has 0 aliphatic heterocycles. The van der Waals surface area contributed by atoms with Gasteiger partial charge in [0.15, 0.2) is 0 Å². The quantitative estimate of drug-likeness (QED) is 0.150. The molecule has 9 aromatic carbocycles. The van der Waals surface area contributed by atoms with E-state index in [0.717, 1.165) is 44.8 Å². The number of benzene rings is 9. The number of nitrogens with zero attached hydrogens (tertiary/aromatic N) is 2. The van der Waals surface area contributed by atoms with E-state index in [2.05, 4.69) is 212 Å². The van der Waals surface area contributed by atoms with Gasteiger partial charge in [-0.2, -0.15) is 0 Å². The summed E-state index contributed by atoms with van der Waals surface area (Å²) in [7, 11) is 0. The Kier molecular flexibility index (Phi) is 8.23. The van der Waals surface area contributed by atoms with Crippen molar-refractivity contribution in [2.24, 2.45) is 0 Å². The third-order valence-electron chi connectivity index (χ3n) is 11.1. The van der Waals surface area contributed by atoms with Crippen molar-refractivity contribution in [1.82, 2.24) is 9.55 Å². The van der Waals surface area contributed by atoms with Crippen LogP contribution >= 0.6 is 0 Å². The van der Waals surface area contributed by atoms with Crippen LogP contribution in [0.1, 0.15) is 18.1 Å².